The van der Waals surface area contributed by atoms with Crippen LogP contribution >= 0.6 is 11.8 Å². The highest BCUT2D eigenvalue weighted by atomic mass is 32.2. The van der Waals surface area contributed by atoms with Gasteiger partial charge in [-0.25, -0.2) is 0 Å². The van der Waals surface area contributed by atoms with Gasteiger partial charge in [0.1, 0.15) is 6.04 Å². The summed E-state index contributed by atoms with van der Waals surface area (Å²) in [5.41, 5.74) is 5.60. The number of esters is 1. The van der Waals surface area contributed by atoms with Gasteiger partial charge in [-0.15, -0.1) is 0 Å². The first-order valence-electron chi connectivity index (χ1n) is 5.15. The molecular formula is C10H19NO2S. The van der Waals surface area contributed by atoms with Crippen molar-refractivity contribution in [1.82, 2.24) is 0 Å². The Morgan fingerprint density at radius 1 is 1.64 bits per heavy atom. The number of hydrogen-bond acceptors (Lipinski definition) is 4. The molecule has 1 aliphatic carbocycles. The van der Waals surface area contributed by atoms with Crippen LogP contribution in [-0.2, 0) is 9.53 Å². The molecule has 3 nitrogen and oxygen atoms in total. The Balaban J connectivity index is 1.94. The number of thioether (sulfide) groups is 1. The lowest BCUT2D eigenvalue weighted by molar-refractivity contribution is -0.142. The third-order valence-corrected chi connectivity index (χ3v) is 3.89. The van der Waals surface area contributed by atoms with Gasteiger partial charge < -0.3 is 10.5 Å². The molecule has 0 amide bonds. The summed E-state index contributed by atoms with van der Waals surface area (Å²) in [6.07, 6.45) is 4.89. The third-order valence-electron chi connectivity index (χ3n) is 2.66. The molecule has 2 N–H and O–H groups in total. The Labute approximate surface area is 89.8 Å². The van der Waals surface area contributed by atoms with Crippen LogP contribution in [0.15, 0.2) is 0 Å². The van der Waals surface area contributed by atoms with E-state index in [4.69, 9.17) is 5.73 Å². The Morgan fingerprint density at radius 3 is 2.86 bits per heavy atom. The van der Waals surface area contributed by atoms with Crippen LogP contribution in [0.3, 0.4) is 0 Å². The summed E-state index contributed by atoms with van der Waals surface area (Å²) in [5, 5.41) is 0. The number of ether oxygens (including phenoxy) is 1. The third kappa shape index (κ3) is 3.88. The van der Waals surface area contributed by atoms with E-state index in [0.717, 1.165) is 18.1 Å². The topological polar surface area (TPSA) is 52.3 Å². The number of nitrogens with two attached hydrogens (primary N) is 1. The molecule has 0 radical (unpaired) electrons. The predicted octanol–water partition coefficient (Wildman–Crippen LogP) is 1.41. The summed E-state index contributed by atoms with van der Waals surface area (Å²) in [5.74, 6) is 2.82. The number of hydrogen-bond donors (Lipinski definition) is 1. The van der Waals surface area contributed by atoms with Crippen molar-refractivity contribution in [1.29, 1.82) is 0 Å². The fourth-order valence-electron chi connectivity index (χ4n) is 1.39. The van der Waals surface area contributed by atoms with E-state index < -0.39 is 6.04 Å². The Morgan fingerprint density at radius 2 is 2.36 bits per heavy atom. The number of rotatable bonds is 6. The van der Waals surface area contributed by atoms with E-state index in [0.29, 0.717) is 0 Å². The van der Waals surface area contributed by atoms with E-state index in [2.05, 4.69) is 4.74 Å². The van der Waals surface area contributed by atoms with Crippen molar-refractivity contribution in [2.75, 3.05) is 18.6 Å². The highest BCUT2D eigenvalue weighted by molar-refractivity contribution is 7.99. The average molecular weight is 217 g/mol. The summed E-state index contributed by atoms with van der Waals surface area (Å²) in [4.78, 5) is 11.0. The lowest BCUT2D eigenvalue weighted by Crippen LogP contribution is -2.32. The molecule has 0 aliphatic heterocycles. The summed E-state index contributed by atoms with van der Waals surface area (Å²) in [6.45, 7) is 0. The molecule has 1 rings (SSSR count). The van der Waals surface area contributed by atoms with E-state index in [1.807, 2.05) is 11.8 Å². The Kier molecular flexibility index (Phi) is 5.33. The molecule has 1 aliphatic rings. The van der Waals surface area contributed by atoms with Crippen LogP contribution in [0.2, 0.25) is 0 Å². The van der Waals surface area contributed by atoms with Crippen molar-refractivity contribution < 1.29 is 9.53 Å². The Hall–Kier alpha value is -0.220. The number of methoxy groups -OCH3 is 1. The maximum Gasteiger partial charge on any atom is 0.322 e. The van der Waals surface area contributed by atoms with Gasteiger partial charge in [0.05, 0.1) is 7.11 Å². The van der Waals surface area contributed by atoms with E-state index in [1.165, 1.54) is 32.1 Å². The molecule has 0 aromatic rings. The molecule has 1 unspecified atom stereocenters. The summed E-state index contributed by atoms with van der Waals surface area (Å²) in [7, 11) is 1.38. The maximum absolute atomic E-state index is 11.0. The fraction of sp³-hybridized carbons (Fsp3) is 0.900. The normalized spacial score (nSPS) is 18.7. The van der Waals surface area contributed by atoms with Gasteiger partial charge in [0.15, 0.2) is 0 Å². The van der Waals surface area contributed by atoms with Gasteiger partial charge in [-0.05, 0) is 36.7 Å². The molecule has 0 heterocycles. The molecule has 4 heteroatoms. The van der Waals surface area contributed by atoms with Crippen molar-refractivity contribution >= 4 is 17.7 Å². The molecule has 1 saturated carbocycles. The van der Waals surface area contributed by atoms with Crippen LogP contribution in [0.1, 0.15) is 25.7 Å². The summed E-state index contributed by atoms with van der Waals surface area (Å²) < 4.78 is 4.55. The highest BCUT2D eigenvalue weighted by Crippen LogP contribution is 2.29. The van der Waals surface area contributed by atoms with Crippen LogP contribution in [0.25, 0.3) is 0 Å². The molecule has 0 spiro atoms. The van der Waals surface area contributed by atoms with Gasteiger partial charge in [0.25, 0.3) is 0 Å². The van der Waals surface area contributed by atoms with E-state index in [1.54, 1.807) is 0 Å². The molecule has 0 saturated heterocycles. The van der Waals surface area contributed by atoms with Crippen LogP contribution in [0.4, 0.5) is 0 Å². The molecule has 1 atom stereocenters. The van der Waals surface area contributed by atoms with Crippen LogP contribution in [0.5, 0.6) is 0 Å². The second-order valence-corrected chi connectivity index (χ2v) is 4.94. The van der Waals surface area contributed by atoms with Gasteiger partial charge >= 0.3 is 5.97 Å². The average Bonchev–Trinajstić information content (AvgIpc) is 2.13. The van der Waals surface area contributed by atoms with Crippen LogP contribution in [-0.4, -0.2) is 30.6 Å². The first kappa shape index (κ1) is 11.9. The van der Waals surface area contributed by atoms with Crippen molar-refractivity contribution in [2.45, 2.75) is 31.7 Å². The standard InChI is InChI=1S/C10H19NO2S/c1-13-10(12)9(11)5-6-14-7-8-3-2-4-8/h8-9H,2-7,11H2,1H3. The zero-order chi connectivity index (χ0) is 10.4. The maximum atomic E-state index is 11.0. The second kappa shape index (κ2) is 6.30. The van der Waals surface area contributed by atoms with Gasteiger partial charge in [-0.3, -0.25) is 4.79 Å². The van der Waals surface area contributed by atoms with Crippen LogP contribution in [0, 0.1) is 5.92 Å². The van der Waals surface area contributed by atoms with Crippen molar-refractivity contribution in [3.63, 3.8) is 0 Å². The first-order valence-corrected chi connectivity index (χ1v) is 6.30. The number of carbonyl (C=O) groups is 1. The largest absolute Gasteiger partial charge is 0.468 e. The molecule has 0 bridgehead atoms. The molecule has 0 aromatic heterocycles. The molecule has 0 aromatic carbocycles. The summed E-state index contributed by atoms with van der Waals surface area (Å²) >= 11 is 1.91. The van der Waals surface area contributed by atoms with Crippen molar-refractivity contribution in [2.24, 2.45) is 11.7 Å². The molecule has 82 valence electrons. The minimum absolute atomic E-state index is 0.297. The van der Waals surface area contributed by atoms with Gasteiger partial charge in [0, 0.05) is 0 Å². The minimum atomic E-state index is -0.436. The summed E-state index contributed by atoms with van der Waals surface area (Å²) in [6, 6.07) is -0.436. The van der Waals surface area contributed by atoms with Gasteiger partial charge in [0.2, 0.25) is 0 Å². The Bertz CT molecular complexity index is 183. The lowest BCUT2D eigenvalue weighted by atomic mass is 9.87. The first-order chi connectivity index (χ1) is 6.74. The van der Waals surface area contributed by atoms with Crippen molar-refractivity contribution in [3.8, 4) is 0 Å². The quantitative estimate of drug-likeness (QED) is 0.540. The van der Waals surface area contributed by atoms with E-state index >= 15 is 0 Å². The minimum Gasteiger partial charge on any atom is -0.468 e. The van der Waals surface area contributed by atoms with Crippen molar-refractivity contribution in [3.05, 3.63) is 0 Å². The molecular weight excluding hydrogens is 198 g/mol. The number of carbonyl (C=O) groups excluding carboxylic acids is 1. The molecule has 14 heavy (non-hydrogen) atoms. The SMILES string of the molecule is COC(=O)C(N)CCSCC1CCC1. The fourth-order valence-corrected chi connectivity index (χ4v) is 2.64. The highest BCUT2D eigenvalue weighted by Gasteiger charge is 2.17. The second-order valence-electron chi connectivity index (χ2n) is 3.79. The van der Waals surface area contributed by atoms with E-state index in [9.17, 15) is 4.79 Å². The van der Waals surface area contributed by atoms with Crippen LogP contribution < -0.4 is 5.73 Å². The van der Waals surface area contributed by atoms with E-state index in [-0.39, 0.29) is 5.97 Å². The monoisotopic (exact) mass is 217 g/mol. The van der Waals surface area contributed by atoms with Gasteiger partial charge in [-0.2, -0.15) is 11.8 Å². The zero-order valence-corrected chi connectivity index (χ0v) is 9.52. The predicted molar refractivity (Wildman–Crippen MR) is 59.3 cm³/mol. The van der Waals surface area contributed by atoms with Gasteiger partial charge in [-0.1, -0.05) is 6.42 Å². The molecule has 1 fully saturated rings. The zero-order valence-electron chi connectivity index (χ0n) is 8.70. The lowest BCUT2D eigenvalue weighted by Gasteiger charge is -2.24. The smallest absolute Gasteiger partial charge is 0.322 e.